The van der Waals surface area contributed by atoms with Crippen LogP contribution in [0.4, 0.5) is 0 Å². The van der Waals surface area contributed by atoms with E-state index >= 15 is 0 Å². The third-order valence-electron chi connectivity index (χ3n) is 3.56. The van der Waals surface area contributed by atoms with E-state index in [-0.39, 0.29) is 11.7 Å². The first-order valence-corrected chi connectivity index (χ1v) is 8.62. The number of rotatable bonds is 7. The number of hydrogen-bond donors (Lipinski definition) is 1. The molecule has 0 unspecified atom stereocenters. The van der Waals surface area contributed by atoms with E-state index in [1.54, 1.807) is 19.4 Å². The number of nitrogens with zero attached hydrogens (tertiary/aromatic N) is 3. The van der Waals surface area contributed by atoms with Gasteiger partial charge in [0.25, 0.3) is 0 Å². The Bertz CT molecular complexity index is 845. The molecule has 1 N–H and O–H groups in total. The standard InChI is InChI=1S/C17H18N4O3S/c1-21-16(13-7-3-4-8-14(13)23-2)19-20-17(21)25-11-15(22)18-10-12-6-5-9-24-12/h3-9H,10-11H2,1-2H3,(H,18,22). The molecule has 0 aliphatic carbocycles. The highest BCUT2D eigenvalue weighted by atomic mass is 32.2. The van der Waals surface area contributed by atoms with Crippen LogP contribution in [0.3, 0.4) is 0 Å². The molecule has 130 valence electrons. The van der Waals surface area contributed by atoms with E-state index < -0.39 is 0 Å². The van der Waals surface area contributed by atoms with Gasteiger partial charge in [-0.1, -0.05) is 23.9 Å². The molecular weight excluding hydrogens is 340 g/mol. The van der Waals surface area contributed by atoms with Gasteiger partial charge < -0.3 is 19.0 Å². The van der Waals surface area contributed by atoms with E-state index in [1.807, 2.05) is 41.9 Å². The fourth-order valence-electron chi connectivity index (χ4n) is 2.28. The Morgan fingerprint density at radius 2 is 2.12 bits per heavy atom. The Morgan fingerprint density at radius 1 is 1.28 bits per heavy atom. The second kappa shape index (κ2) is 7.89. The summed E-state index contributed by atoms with van der Waals surface area (Å²) in [6.45, 7) is 0.373. The average Bonchev–Trinajstić information content (AvgIpc) is 3.28. The summed E-state index contributed by atoms with van der Waals surface area (Å²) in [6.07, 6.45) is 1.58. The average molecular weight is 358 g/mol. The first kappa shape index (κ1) is 17.1. The predicted octanol–water partition coefficient (Wildman–Crippen LogP) is 2.49. The van der Waals surface area contributed by atoms with Gasteiger partial charge in [-0.3, -0.25) is 4.79 Å². The molecule has 0 bridgehead atoms. The quantitative estimate of drug-likeness (QED) is 0.654. The van der Waals surface area contributed by atoms with Gasteiger partial charge >= 0.3 is 0 Å². The molecular formula is C17H18N4O3S. The molecule has 0 saturated carbocycles. The van der Waals surface area contributed by atoms with Crippen LogP contribution in [0, 0.1) is 0 Å². The molecule has 1 amide bonds. The highest BCUT2D eigenvalue weighted by Gasteiger charge is 2.15. The minimum Gasteiger partial charge on any atom is -0.496 e. The Hall–Kier alpha value is -2.74. The number of methoxy groups -OCH3 is 1. The number of carbonyl (C=O) groups is 1. The van der Waals surface area contributed by atoms with Crippen molar-refractivity contribution in [2.24, 2.45) is 7.05 Å². The van der Waals surface area contributed by atoms with Crippen molar-refractivity contribution in [3.63, 3.8) is 0 Å². The molecule has 1 aromatic carbocycles. The summed E-state index contributed by atoms with van der Waals surface area (Å²) in [5.41, 5.74) is 0.856. The van der Waals surface area contributed by atoms with Gasteiger partial charge in [-0.15, -0.1) is 10.2 Å². The van der Waals surface area contributed by atoms with Gasteiger partial charge in [-0.05, 0) is 24.3 Å². The minimum atomic E-state index is -0.0942. The predicted molar refractivity (Wildman–Crippen MR) is 94.3 cm³/mol. The molecule has 7 nitrogen and oxygen atoms in total. The summed E-state index contributed by atoms with van der Waals surface area (Å²) in [5.74, 6) is 2.29. The second-order valence-corrected chi connectivity index (χ2v) is 6.15. The van der Waals surface area contributed by atoms with Gasteiger partial charge in [0.2, 0.25) is 5.91 Å². The van der Waals surface area contributed by atoms with Crippen molar-refractivity contribution in [1.29, 1.82) is 0 Å². The van der Waals surface area contributed by atoms with Crippen LogP contribution in [0.25, 0.3) is 11.4 Å². The monoisotopic (exact) mass is 358 g/mol. The van der Waals surface area contributed by atoms with E-state index in [9.17, 15) is 4.79 Å². The van der Waals surface area contributed by atoms with Crippen molar-refractivity contribution in [3.8, 4) is 17.1 Å². The zero-order chi connectivity index (χ0) is 17.6. The Balaban J connectivity index is 1.62. The van der Waals surface area contributed by atoms with Gasteiger partial charge in [0, 0.05) is 7.05 Å². The number of benzene rings is 1. The van der Waals surface area contributed by atoms with E-state index in [4.69, 9.17) is 9.15 Å². The molecule has 0 saturated heterocycles. The van der Waals surface area contributed by atoms with Crippen molar-refractivity contribution >= 4 is 17.7 Å². The van der Waals surface area contributed by atoms with E-state index in [2.05, 4.69) is 15.5 Å². The third-order valence-corrected chi connectivity index (χ3v) is 4.58. The number of amides is 1. The van der Waals surface area contributed by atoms with Crippen molar-refractivity contribution < 1.29 is 13.9 Å². The van der Waals surface area contributed by atoms with E-state index in [0.29, 0.717) is 17.5 Å². The molecule has 2 aromatic heterocycles. The summed E-state index contributed by atoms with van der Waals surface area (Å²) in [5, 5.41) is 11.9. The molecule has 0 aliphatic heterocycles. The number of para-hydroxylation sites is 1. The molecule has 0 fully saturated rings. The van der Waals surface area contributed by atoms with Crippen LogP contribution in [0.1, 0.15) is 5.76 Å². The van der Waals surface area contributed by atoms with Crippen LogP contribution in [-0.4, -0.2) is 33.5 Å². The van der Waals surface area contributed by atoms with Gasteiger partial charge in [0.15, 0.2) is 11.0 Å². The van der Waals surface area contributed by atoms with E-state index in [1.165, 1.54) is 11.8 Å². The lowest BCUT2D eigenvalue weighted by molar-refractivity contribution is -0.118. The van der Waals surface area contributed by atoms with Crippen LogP contribution in [0.5, 0.6) is 5.75 Å². The maximum Gasteiger partial charge on any atom is 0.230 e. The first-order valence-electron chi connectivity index (χ1n) is 7.63. The molecule has 8 heteroatoms. The topological polar surface area (TPSA) is 82.2 Å². The van der Waals surface area contributed by atoms with Gasteiger partial charge in [-0.25, -0.2) is 0 Å². The second-order valence-electron chi connectivity index (χ2n) is 5.21. The molecule has 25 heavy (non-hydrogen) atoms. The van der Waals surface area contributed by atoms with Crippen LogP contribution in [-0.2, 0) is 18.4 Å². The number of hydrogen-bond acceptors (Lipinski definition) is 6. The summed E-state index contributed by atoms with van der Waals surface area (Å²) >= 11 is 1.33. The van der Waals surface area contributed by atoms with Crippen LogP contribution in [0.15, 0.2) is 52.2 Å². The number of aromatic nitrogens is 3. The van der Waals surface area contributed by atoms with Crippen LogP contribution < -0.4 is 10.1 Å². The van der Waals surface area contributed by atoms with Crippen LogP contribution in [0.2, 0.25) is 0 Å². The lowest BCUT2D eigenvalue weighted by Gasteiger charge is -2.08. The Labute approximate surface area is 149 Å². The Kier molecular flexibility index (Phi) is 5.39. The van der Waals surface area contributed by atoms with Crippen LogP contribution >= 0.6 is 11.8 Å². The third kappa shape index (κ3) is 4.03. The SMILES string of the molecule is COc1ccccc1-c1nnc(SCC(=O)NCc2ccco2)n1C. The van der Waals surface area contributed by atoms with Crippen molar-refractivity contribution in [3.05, 3.63) is 48.4 Å². The maximum absolute atomic E-state index is 11.9. The minimum absolute atomic E-state index is 0.0942. The molecule has 3 rings (SSSR count). The van der Waals surface area contributed by atoms with Gasteiger partial charge in [0.05, 0.1) is 31.2 Å². The molecule has 0 spiro atoms. The largest absolute Gasteiger partial charge is 0.496 e. The number of carbonyl (C=O) groups excluding carboxylic acids is 1. The lowest BCUT2D eigenvalue weighted by Crippen LogP contribution is -2.24. The van der Waals surface area contributed by atoms with E-state index in [0.717, 1.165) is 17.1 Å². The zero-order valence-corrected chi connectivity index (χ0v) is 14.7. The highest BCUT2D eigenvalue weighted by molar-refractivity contribution is 7.99. The normalized spacial score (nSPS) is 10.6. The number of nitrogens with one attached hydrogen (secondary N) is 1. The molecule has 2 heterocycles. The molecule has 0 aliphatic rings. The van der Waals surface area contributed by atoms with Gasteiger partial charge in [-0.2, -0.15) is 0 Å². The first-order chi connectivity index (χ1) is 12.2. The maximum atomic E-state index is 11.9. The fraction of sp³-hybridized carbons (Fsp3) is 0.235. The molecule has 0 radical (unpaired) electrons. The molecule has 0 atom stereocenters. The smallest absolute Gasteiger partial charge is 0.230 e. The Morgan fingerprint density at radius 3 is 2.88 bits per heavy atom. The highest BCUT2D eigenvalue weighted by Crippen LogP contribution is 2.29. The van der Waals surface area contributed by atoms with Crippen molar-refractivity contribution in [2.75, 3.05) is 12.9 Å². The fourth-order valence-corrected chi connectivity index (χ4v) is 3.03. The number of thioether (sulfide) groups is 1. The lowest BCUT2D eigenvalue weighted by atomic mass is 10.2. The summed E-state index contributed by atoms with van der Waals surface area (Å²) in [6, 6.07) is 11.2. The number of furan rings is 1. The zero-order valence-electron chi connectivity index (χ0n) is 13.9. The van der Waals surface area contributed by atoms with Gasteiger partial charge in [0.1, 0.15) is 11.5 Å². The summed E-state index contributed by atoms with van der Waals surface area (Å²) < 4.78 is 12.4. The summed E-state index contributed by atoms with van der Waals surface area (Å²) in [7, 11) is 3.49. The van der Waals surface area contributed by atoms with Crippen molar-refractivity contribution in [1.82, 2.24) is 20.1 Å². The molecule has 3 aromatic rings. The number of ether oxygens (including phenoxy) is 1. The van der Waals surface area contributed by atoms with Crippen molar-refractivity contribution in [2.45, 2.75) is 11.7 Å². The summed E-state index contributed by atoms with van der Waals surface area (Å²) in [4.78, 5) is 11.9.